The largest absolute Gasteiger partial charge is 0.355 e. The van der Waals surface area contributed by atoms with E-state index in [4.69, 9.17) is 0 Å². The van der Waals surface area contributed by atoms with Crippen LogP contribution in [0.1, 0.15) is 33.4 Å². The lowest BCUT2D eigenvalue weighted by atomic mass is 10.0. The van der Waals surface area contributed by atoms with E-state index < -0.39 is 0 Å². The summed E-state index contributed by atoms with van der Waals surface area (Å²) in [5.41, 5.74) is 10.3. The molecular weight excluding hydrogens is 410 g/mol. The molecule has 34 heavy (non-hydrogen) atoms. The Bertz CT molecular complexity index is 1300. The highest BCUT2D eigenvalue weighted by atomic mass is 14.9. The Morgan fingerprint density at radius 2 is 0.941 bits per heavy atom. The van der Waals surface area contributed by atoms with Crippen molar-refractivity contribution in [3.05, 3.63) is 143 Å². The number of nitrogens with one attached hydrogen (secondary N) is 1. The van der Waals surface area contributed by atoms with Crippen LogP contribution in [-0.4, -0.2) is 0 Å². The van der Waals surface area contributed by atoms with Crippen LogP contribution >= 0.6 is 0 Å². The predicted molar refractivity (Wildman–Crippen MR) is 148 cm³/mol. The summed E-state index contributed by atoms with van der Waals surface area (Å²) in [4.78, 5) is 0. The van der Waals surface area contributed by atoms with Crippen molar-refractivity contribution >= 4 is 22.1 Å². The summed E-state index contributed by atoms with van der Waals surface area (Å²) in [6.45, 7) is 8.49. The molecule has 0 atom stereocenters. The number of hydrogen-bond donors (Lipinski definition) is 1. The molecule has 5 rings (SSSR count). The standard InChI is InChI=1S/C18H17N.C15H16/c1-13-7-10-15(11-8-13)19-18-12-9-14(2)16-5-3-4-6-17(16)18;1-12-3-7-14(8-4-12)11-15-9-5-13(2)6-10-15/h3-12,19H,1-2H3;3-10H,11H2,1-2H3. The van der Waals surface area contributed by atoms with E-state index in [2.05, 4.69) is 142 Å². The average Bonchev–Trinajstić information content (AvgIpc) is 2.86. The van der Waals surface area contributed by atoms with Crippen LogP contribution in [0.2, 0.25) is 0 Å². The second-order valence-corrected chi connectivity index (χ2v) is 9.11. The van der Waals surface area contributed by atoms with Gasteiger partial charge in [0, 0.05) is 16.8 Å². The fourth-order valence-electron chi connectivity index (χ4n) is 4.00. The Labute approximate surface area is 204 Å². The Kier molecular flexibility index (Phi) is 7.44. The summed E-state index contributed by atoms with van der Waals surface area (Å²) in [7, 11) is 0. The van der Waals surface area contributed by atoms with Gasteiger partial charge in [0.05, 0.1) is 0 Å². The van der Waals surface area contributed by atoms with Crippen LogP contribution in [-0.2, 0) is 6.42 Å². The van der Waals surface area contributed by atoms with Crippen LogP contribution in [0.5, 0.6) is 0 Å². The molecule has 0 radical (unpaired) electrons. The Morgan fingerprint density at radius 1 is 0.471 bits per heavy atom. The fraction of sp³-hybridized carbons (Fsp3) is 0.152. The van der Waals surface area contributed by atoms with E-state index in [-0.39, 0.29) is 0 Å². The predicted octanol–water partition coefficient (Wildman–Crippen LogP) is 9.09. The Hall–Kier alpha value is -3.84. The van der Waals surface area contributed by atoms with Crippen LogP contribution in [0.25, 0.3) is 10.8 Å². The highest BCUT2D eigenvalue weighted by Gasteiger charge is 2.03. The second kappa shape index (κ2) is 10.9. The molecule has 0 aliphatic carbocycles. The molecule has 0 aliphatic heterocycles. The minimum atomic E-state index is 1.03. The molecule has 1 nitrogen and oxygen atoms in total. The molecular formula is C33H33N. The summed E-state index contributed by atoms with van der Waals surface area (Å²) >= 11 is 0. The highest BCUT2D eigenvalue weighted by Crippen LogP contribution is 2.28. The van der Waals surface area contributed by atoms with Crippen LogP contribution < -0.4 is 5.32 Å². The van der Waals surface area contributed by atoms with Crippen molar-refractivity contribution in [2.75, 3.05) is 5.32 Å². The Morgan fingerprint density at radius 3 is 1.47 bits per heavy atom. The third-order valence-corrected chi connectivity index (χ3v) is 6.12. The van der Waals surface area contributed by atoms with Crippen molar-refractivity contribution in [3.8, 4) is 0 Å². The summed E-state index contributed by atoms with van der Waals surface area (Å²) in [6.07, 6.45) is 1.03. The average molecular weight is 444 g/mol. The topological polar surface area (TPSA) is 12.0 Å². The summed E-state index contributed by atoms with van der Waals surface area (Å²) < 4.78 is 0. The quantitative estimate of drug-likeness (QED) is 0.292. The van der Waals surface area contributed by atoms with Crippen molar-refractivity contribution in [2.45, 2.75) is 34.1 Å². The van der Waals surface area contributed by atoms with Crippen LogP contribution in [0.3, 0.4) is 0 Å². The molecule has 0 heterocycles. The number of fused-ring (bicyclic) bond motifs is 1. The van der Waals surface area contributed by atoms with Gasteiger partial charge in [-0.2, -0.15) is 0 Å². The normalized spacial score (nSPS) is 10.5. The molecule has 0 saturated carbocycles. The first kappa shape index (κ1) is 23.3. The van der Waals surface area contributed by atoms with Gasteiger partial charge >= 0.3 is 0 Å². The molecule has 0 bridgehead atoms. The van der Waals surface area contributed by atoms with Crippen molar-refractivity contribution < 1.29 is 0 Å². The van der Waals surface area contributed by atoms with E-state index in [9.17, 15) is 0 Å². The smallest absolute Gasteiger partial charge is 0.0464 e. The van der Waals surface area contributed by atoms with E-state index in [1.165, 1.54) is 44.2 Å². The fourth-order valence-corrected chi connectivity index (χ4v) is 4.00. The van der Waals surface area contributed by atoms with E-state index in [1.54, 1.807) is 0 Å². The maximum absolute atomic E-state index is 3.50. The number of hydrogen-bond acceptors (Lipinski definition) is 1. The monoisotopic (exact) mass is 443 g/mol. The van der Waals surface area contributed by atoms with Gasteiger partial charge in [-0.3, -0.25) is 0 Å². The van der Waals surface area contributed by atoms with Gasteiger partial charge in [-0.15, -0.1) is 0 Å². The lowest BCUT2D eigenvalue weighted by Crippen LogP contribution is -1.92. The second-order valence-electron chi connectivity index (χ2n) is 9.11. The first-order chi connectivity index (χ1) is 16.5. The van der Waals surface area contributed by atoms with E-state index in [0.29, 0.717) is 0 Å². The van der Waals surface area contributed by atoms with Gasteiger partial charge in [0.25, 0.3) is 0 Å². The maximum Gasteiger partial charge on any atom is 0.0464 e. The zero-order chi connectivity index (χ0) is 23.9. The third-order valence-electron chi connectivity index (χ3n) is 6.12. The molecule has 0 saturated heterocycles. The van der Waals surface area contributed by atoms with Gasteiger partial charge < -0.3 is 5.32 Å². The SMILES string of the molecule is Cc1ccc(Cc2ccc(C)cc2)cc1.Cc1ccc(Nc2ccc(C)c3ccccc23)cc1. The van der Waals surface area contributed by atoms with Crippen molar-refractivity contribution in [2.24, 2.45) is 0 Å². The first-order valence-corrected chi connectivity index (χ1v) is 11.9. The molecule has 0 aliphatic rings. The maximum atomic E-state index is 3.50. The molecule has 5 aromatic rings. The molecule has 170 valence electrons. The lowest BCUT2D eigenvalue weighted by molar-refractivity contribution is 1.18. The molecule has 0 fully saturated rings. The summed E-state index contributed by atoms with van der Waals surface area (Å²) in [6, 6.07) is 38.8. The zero-order valence-electron chi connectivity index (χ0n) is 20.6. The van der Waals surface area contributed by atoms with E-state index in [1.807, 2.05) is 0 Å². The van der Waals surface area contributed by atoms with Gasteiger partial charge in [-0.1, -0.05) is 108 Å². The van der Waals surface area contributed by atoms with Gasteiger partial charge in [0.2, 0.25) is 0 Å². The van der Waals surface area contributed by atoms with Crippen LogP contribution in [0, 0.1) is 27.7 Å². The summed E-state index contributed by atoms with van der Waals surface area (Å²) in [5, 5.41) is 6.07. The van der Waals surface area contributed by atoms with Crippen molar-refractivity contribution in [1.82, 2.24) is 0 Å². The summed E-state index contributed by atoms with van der Waals surface area (Å²) in [5.74, 6) is 0. The Balaban J connectivity index is 0.000000166. The van der Waals surface area contributed by atoms with Crippen LogP contribution in [0.4, 0.5) is 11.4 Å². The number of rotatable bonds is 4. The van der Waals surface area contributed by atoms with Gasteiger partial charge in [0.1, 0.15) is 0 Å². The van der Waals surface area contributed by atoms with Gasteiger partial charge in [-0.05, 0) is 74.4 Å². The molecule has 5 aromatic carbocycles. The first-order valence-electron chi connectivity index (χ1n) is 11.9. The molecule has 0 aromatic heterocycles. The van der Waals surface area contributed by atoms with Crippen molar-refractivity contribution in [3.63, 3.8) is 0 Å². The van der Waals surface area contributed by atoms with Gasteiger partial charge in [-0.25, -0.2) is 0 Å². The molecule has 0 amide bonds. The highest BCUT2D eigenvalue weighted by molar-refractivity contribution is 5.97. The molecule has 1 N–H and O–H groups in total. The minimum Gasteiger partial charge on any atom is -0.355 e. The van der Waals surface area contributed by atoms with Crippen molar-refractivity contribution in [1.29, 1.82) is 0 Å². The molecule has 1 heteroatoms. The molecule has 0 unspecified atom stereocenters. The van der Waals surface area contributed by atoms with E-state index in [0.717, 1.165) is 17.8 Å². The number of aryl methyl sites for hydroxylation is 4. The number of anilines is 2. The van der Waals surface area contributed by atoms with Gasteiger partial charge in [0.15, 0.2) is 0 Å². The lowest BCUT2D eigenvalue weighted by Gasteiger charge is -2.11. The van der Waals surface area contributed by atoms with E-state index >= 15 is 0 Å². The minimum absolute atomic E-state index is 1.03. The van der Waals surface area contributed by atoms with Crippen LogP contribution in [0.15, 0.2) is 109 Å². The third kappa shape index (κ3) is 6.14. The zero-order valence-corrected chi connectivity index (χ0v) is 20.6. The number of benzene rings is 5. The molecule has 0 spiro atoms.